The second-order valence-electron chi connectivity index (χ2n) is 4.27. The summed E-state index contributed by atoms with van der Waals surface area (Å²) in [5, 5.41) is 13.5. The number of phenolic OH excluding ortho intramolecular Hbond substituents is 1. The van der Waals surface area contributed by atoms with Crippen LogP contribution >= 0.6 is 0 Å². The zero-order chi connectivity index (χ0) is 14.4. The van der Waals surface area contributed by atoms with Crippen molar-refractivity contribution in [1.29, 1.82) is 0 Å². The van der Waals surface area contributed by atoms with Gasteiger partial charge in [-0.3, -0.25) is 4.79 Å². The minimum absolute atomic E-state index is 0.0559. The Morgan fingerprint density at radius 1 is 1.10 bits per heavy atom. The monoisotopic (exact) mass is 268 g/mol. The number of carbonyl (C=O) groups is 1. The van der Waals surface area contributed by atoms with E-state index in [0.29, 0.717) is 12.0 Å². The van der Waals surface area contributed by atoms with Gasteiger partial charge in [0.05, 0.1) is 5.71 Å². The Balaban J connectivity index is 2.13. The van der Waals surface area contributed by atoms with Gasteiger partial charge in [0.25, 0.3) is 5.91 Å². The number of carbonyl (C=O) groups excluding carboxylic acids is 1. The Labute approximate surface area is 117 Å². The fourth-order valence-electron chi connectivity index (χ4n) is 1.81. The maximum Gasteiger partial charge on any atom is 0.271 e. The van der Waals surface area contributed by atoms with Crippen LogP contribution in [0, 0.1) is 0 Å². The molecule has 2 aromatic carbocycles. The number of hydrogen-bond donors (Lipinski definition) is 2. The molecule has 20 heavy (non-hydrogen) atoms. The van der Waals surface area contributed by atoms with Crippen molar-refractivity contribution < 1.29 is 9.90 Å². The van der Waals surface area contributed by atoms with Gasteiger partial charge in [0, 0.05) is 5.56 Å². The third-order valence-electron chi connectivity index (χ3n) is 2.84. The summed E-state index contributed by atoms with van der Waals surface area (Å²) in [6, 6.07) is 15.8. The van der Waals surface area contributed by atoms with Crippen molar-refractivity contribution in [2.45, 2.75) is 13.3 Å². The van der Waals surface area contributed by atoms with E-state index in [1.54, 1.807) is 12.1 Å². The van der Waals surface area contributed by atoms with Gasteiger partial charge in [-0.15, -0.1) is 0 Å². The summed E-state index contributed by atoms with van der Waals surface area (Å²) in [6.45, 7) is 1.98. The molecule has 2 N–H and O–H groups in total. The average molecular weight is 268 g/mol. The topological polar surface area (TPSA) is 61.7 Å². The van der Waals surface area contributed by atoms with Crippen LogP contribution in [0.3, 0.4) is 0 Å². The van der Waals surface area contributed by atoms with Crippen LogP contribution in [0.2, 0.25) is 0 Å². The third-order valence-corrected chi connectivity index (χ3v) is 2.84. The second-order valence-corrected chi connectivity index (χ2v) is 4.27. The van der Waals surface area contributed by atoms with E-state index >= 15 is 0 Å². The van der Waals surface area contributed by atoms with Gasteiger partial charge in [-0.1, -0.05) is 43.3 Å². The Hall–Kier alpha value is -2.62. The number of hydrazone groups is 1. The molecule has 4 nitrogen and oxygen atoms in total. The highest BCUT2D eigenvalue weighted by Gasteiger charge is 2.06. The fourth-order valence-corrected chi connectivity index (χ4v) is 1.81. The summed E-state index contributed by atoms with van der Waals surface area (Å²) in [7, 11) is 0. The summed E-state index contributed by atoms with van der Waals surface area (Å²) < 4.78 is 0. The van der Waals surface area contributed by atoms with E-state index in [0.717, 1.165) is 11.3 Å². The molecule has 0 spiro atoms. The van der Waals surface area contributed by atoms with E-state index < -0.39 is 0 Å². The van der Waals surface area contributed by atoms with Gasteiger partial charge in [-0.25, -0.2) is 5.43 Å². The first-order chi connectivity index (χ1) is 9.70. The van der Waals surface area contributed by atoms with Crippen LogP contribution in [0.25, 0.3) is 0 Å². The number of benzene rings is 2. The molecule has 0 aromatic heterocycles. The molecule has 0 atom stereocenters. The molecule has 1 amide bonds. The smallest absolute Gasteiger partial charge is 0.271 e. The van der Waals surface area contributed by atoms with Crippen LogP contribution in [-0.4, -0.2) is 16.7 Å². The van der Waals surface area contributed by atoms with Crippen LogP contribution in [0.1, 0.15) is 29.3 Å². The SMILES string of the molecule is CC/C(=N/NC(=O)c1cccc(O)c1)c1ccccc1. The van der Waals surface area contributed by atoms with Gasteiger partial charge < -0.3 is 5.11 Å². The van der Waals surface area contributed by atoms with Crippen LogP contribution in [0.15, 0.2) is 59.7 Å². The Morgan fingerprint density at radius 2 is 1.80 bits per heavy atom. The minimum Gasteiger partial charge on any atom is -0.508 e. The van der Waals surface area contributed by atoms with Crippen molar-refractivity contribution in [3.8, 4) is 5.75 Å². The van der Waals surface area contributed by atoms with Crippen LogP contribution in [0.4, 0.5) is 0 Å². The first-order valence-electron chi connectivity index (χ1n) is 6.42. The fraction of sp³-hybridized carbons (Fsp3) is 0.125. The number of hydrogen-bond acceptors (Lipinski definition) is 3. The van der Waals surface area contributed by atoms with Crippen LogP contribution in [0.5, 0.6) is 5.75 Å². The van der Waals surface area contributed by atoms with E-state index in [1.807, 2.05) is 37.3 Å². The first-order valence-corrected chi connectivity index (χ1v) is 6.42. The van der Waals surface area contributed by atoms with Crippen molar-refractivity contribution in [2.24, 2.45) is 5.10 Å². The number of nitrogens with one attached hydrogen (secondary N) is 1. The van der Waals surface area contributed by atoms with Gasteiger partial charge in [0.15, 0.2) is 0 Å². The van der Waals surface area contributed by atoms with Crippen molar-refractivity contribution in [1.82, 2.24) is 5.43 Å². The highest BCUT2D eigenvalue weighted by Crippen LogP contribution is 2.10. The quantitative estimate of drug-likeness (QED) is 0.661. The molecule has 102 valence electrons. The molecule has 0 unspecified atom stereocenters. The maximum absolute atomic E-state index is 11.9. The zero-order valence-corrected chi connectivity index (χ0v) is 11.2. The van der Waals surface area contributed by atoms with Crippen molar-refractivity contribution in [3.63, 3.8) is 0 Å². The average Bonchev–Trinajstić information content (AvgIpc) is 2.49. The molecule has 4 heteroatoms. The Morgan fingerprint density at radius 3 is 2.45 bits per heavy atom. The lowest BCUT2D eigenvalue weighted by Crippen LogP contribution is -2.19. The Kier molecular flexibility index (Phi) is 4.50. The summed E-state index contributed by atoms with van der Waals surface area (Å²) in [4.78, 5) is 11.9. The summed E-state index contributed by atoms with van der Waals surface area (Å²) >= 11 is 0. The number of aromatic hydroxyl groups is 1. The van der Waals surface area contributed by atoms with Crippen LogP contribution in [-0.2, 0) is 0 Å². The molecule has 0 heterocycles. The number of nitrogens with zero attached hydrogens (tertiary/aromatic N) is 1. The van der Waals surface area contributed by atoms with Crippen molar-refractivity contribution in [3.05, 3.63) is 65.7 Å². The second kappa shape index (κ2) is 6.52. The van der Waals surface area contributed by atoms with E-state index in [2.05, 4.69) is 10.5 Å². The molecule has 0 aliphatic rings. The van der Waals surface area contributed by atoms with Gasteiger partial charge in [0.2, 0.25) is 0 Å². The molecule has 0 fully saturated rings. The van der Waals surface area contributed by atoms with Gasteiger partial charge in [-0.05, 0) is 30.2 Å². The molecule has 0 aliphatic heterocycles. The lowest BCUT2D eigenvalue weighted by atomic mass is 10.1. The minimum atomic E-state index is -0.345. The highest BCUT2D eigenvalue weighted by molar-refractivity contribution is 6.02. The first kappa shape index (κ1) is 13.8. The molecule has 0 radical (unpaired) electrons. The van der Waals surface area contributed by atoms with Gasteiger partial charge >= 0.3 is 0 Å². The third kappa shape index (κ3) is 3.45. The molecule has 0 bridgehead atoms. The maximum atomic E-state index is 11.9. The Bertz CT molecular complexity index is 621. The largest absolute Gasteiger partial charge is 0.508 e. The van der Waals surface area contributed by atoms with E-state index in [1.165, 1.54) is 12.1 Å². The lowest BCUT2D eigenvalue weighted by molar-refractivity contribution is 0.0954. The highest BCUT2D eigenvalue weighted by atomic mass is 16.3. The molecular weight excluding hydrogens is 252 g/mol. The predicted molar refractivity (Wildman–Crippen MR) is 78.8 cm³/mol. The number of amides is 1. The lowest BCUT2D eigenvalue weighted by Gasteiger charge is -2.05. The molecular formula is C16H16N2O2. The molecule has 0 aliphatic carbocycles. The van der Waals surface area contributed by atoms with E-state index in [9.17, 15) is 9.90 Å². The summed E-state index contributed by atoms with van der Waals surface area (Å²) in [5.74, 6) is -0.289. The normalized spacial score (nSPS) is 11.2. The van der Waals surface area contributed by atoms with E-state index in [4.69, 9.17) is 0 Å². The predicted octanol–water partition coefficient (Wildman–Crippen LogP) is 2.94. The van der Waals surface area contributed by atoms with Gasteiger partial charge in [-0.2, -0.15) is 5.10 Å². The van der Waals surface area contributed by atoms with Gasteiger partial charge in [0.1, 0.15) is 5.75 Å². The number of rotatable bonds is 4. The van der Waals surface area contributed by atoms with E-state index in [-0.39, 0.29) is 11.7 Å². The van der Waals surface area contributed by atoms with Crippen molar-refractivity contribution in [2.75, 3.05) is 0 Å². The molecule has 2 rings (SSSR count). The van der Waals surface area contributed by atoms with Crippen molar-refractivity contribution >= 4 is 11.6 Å². The molecule has 0 saturated carbocycles. The standard InChI is InChI=1S/C16H16N2O2/c1-2-15(12-7-4-3-5-8-12)17-18-16(20)13-9-6-10-14(19)11-13/h3-11,19H,2H2,1H3,(H,18,20)/b17-15-. The van der Waals surface area contributed by atoms with Crippen LogP contribution < -0.4 is 5.43 Å². The molecule has 2 aromatic rings. The zero-order valence-electron chi connectivity index (χ0n) is 11.2. The number of phenols is 1. The molecule has 0 saturated heterocycles. The summed E-state index contributed by atoms with van der Waals surface area (Å²) in [6.07, 6.45) is 0.713. The summed E-state index contributed by atoms with van der Waals surface area (Å²) in [5.41, 5.74) is 4.67.